The van der Waals surface area contributed by atoms with Crippen molar-refractivity contribution in [1.82, 2.24) is 4.98 Å². The molecule has 0 atom stereocenters. The number of ether oxygens (including phenoxy) is 1. The lowest BCUT2D eigenvalue weighted by Crippen LogP contribution is -2.07. The highest BCUT2D eigenvalue weighted by atomic mass is 16.5. The van der Waals surface area contributed by atoms with Gasteiger partial charge in [0.15, 0.2) is 0 Å². The molecule has 14 heavy (non-hydrogen) atoms. The normalized spacial score (nSPS) is 9.57. The minimum absolute atomic E-state index is 0.340. The van der Waals surface area contributed by atoms with Gasteiger partial charge in [0.25, 0.3) is 0 Å². The zero-order valence-electron chi connectivity index (χ0n) is 8.20. The number of anilines is 2. The van der Waals surface area contributed by atoms with Gasteiger partial charge in [0.2, 0.25) is 0 Å². The molecule has 0 aromatic carbocycles. The molecule has 0 radical (unpaired) electrons. The zero-order valence-corrected chi connectivity index (χ0v) is 8.20. The number of pyridine rings is 1. The first-order valence-corrected chi connectivity index (χ1v) is 4.29. The van der Waals surface area contributed by atoms with Crippen LogP contribution in [-0.2, 0) is 4.74 Å². The second-order valence-electron chi connectivity index (χ2n) is 2.63. The molecule has 1 aromatic heterocycles. The summed E-state index contributed by atoms with van der Waals surface area (Å²) in [6.45, 7) is 2.09. The fourth-order valence-corrected chi connectivity index (χ4v) is 1.02. The monoisotopic (exact) mass is 195 g/mol. The molecule has 5 nitrogen and oxygen atoms in total. The van der Waals surface area contributed by atoms with E-state index in [1.807, 2.05) is 0 Å². The molecule has 0 amide bonds. The van der Waals surface area contributed by atoms with Crippen molar-refractivity contribution in [3.63, 3.8) is 0 Å². The van der Waals surface area contributed by atoms with Gasteiger partial charge in [-0.05, 0) is 13.0 Å². The lowest BCUT2D eigenvalue weighted by molar-refractivity contribution is 0.0526. The predicted octanol–water partition coefficient (Wildman–Crippen LogP) is 0.882. The maximum atomic E-state index is 11.3. The van der Waals surface area contributed by atoms with Gasteiger partial charge in [-0.25, -0.2) is 9.78 Å². The second kappa shape index (κ2) is 4.45. The lowest BCUT2D eigenvalue weighted by atomic mass is 10.2. The third-order valence-electron chi connectivity index (χ3n) is 1.67. The molecule has 0 unspecified atom stereocenters. The van der Waals surface area contributed by atoms with Gasteiger partial charge in [0.05, 0.1) is 17.9 Å². The summed E-state index contributed by atoms with van der Waals surface area (Å²) in [4.78, 5) is 15.2. The van der Waals surface area contributed by atoms with Crippen molar-refractivity contribution < 1.29 is 9.53 Å². The number of carbonyl (C=O) groups is 1. The van der Waals surface area contributed by atoms with E-state index in [4.69, 9.17) is 10.5 Å². The van der Waals surface area contributed by atoms with E-state index in [0.717, 1.165) is 0 Å². The van der Waals surface area contributed by atoms with Crippen LogP contribution in [0.15, 0.2) is 12.3 Å². The van der Waals surface area contributed by atoms with E-state index in [9.17, 15) is 4.79 Å². The summed E-state index contributed by atoms with van der Waals surface area (Å²) in [6.07, 6.45) is 1.43. The standard InChI is InChI=1S/C9H13N3O2/c1-3-14-9(13)6-4-7(10)8(11-2)12-5-6/h4-5H,3,10H2,1-2H3,(H,11,12). The number of nitrogens with two attached hydrogens (primary N) is 1. The van der Waals surface area contributed by atoms with Crippen molar-refractivity contribution in [3.8, 4) is 0 Å². The maximum absolute atomic E-state index is 11.3. The number of carbonyl (C=O) groups excluding carboxylic acids is 1. The topological polar surface area (TPSA) is 77.2 Å². The number of nitrogens with one attached hydrogen (secondary N) is 1. The zero-order chi connectivity index (χ0) is 10.6. The number of rotatable bonds is 3. The highest BCUT2D eigenvalue weighted by Crippen LogP contribution is 2.15. The van der Waals surface area contributed by atoms with E-state index in [1.54, 1.807) is 14.0 Å². The highest BCUT2D eigenvalue weighted by molar-refractivity contribution is 5.90. The minimum atomic E-state index is -0.408. The van der Waals surface area contributed by atoms with Crippen LogP contribution in [-0.4, -0.2) is 24.6 Å². The minimum Gasteiger partial charge on any atom is -0.462 e. The van der Waals surface area contributed by atoms with Gasteiger partial charge in [0.1, 0.15) is 5.82 Å². The first kappa shape index (κ1) is 10.3. The number of hydrogen-bond donors (Lipinski definition) is 2. The van der Waals surface area contributed by atoms with Crippen molar-refractivity contribution in [1.29, 1.82) is 0 Å². The summed E-state index contributed by atoms with van der Waals surface area (Å²) in [5.74, 6) is 0.146. The van der Waals surface area contributed by atoms with Gasteiger partial charge < -0.3 is 15.8 Å². The van der Waals surface area contributed by atoms with Crippen LogP contribution in [0.25, 0.3) is 0 Å². The summed E-state index contributed by atoms with van der Waals surface area (Å²) >= 11 is 0. The SMILES string of the molecule is CCOC(=O)c1cnc(NC)c(N)c1. The lowest BCUT2D eigenvalue weighted by Gasteiger charge is -2.05. The number of esters is 1. The molecule has 0 aliphatic heterocycles. The Morgan fingerprint density at radius 2 is 2.43 bits per heavy atom. The van der Waals surface area contributed by atoms with E-state index >= 15 is 0 Å². The molecule has 3 N–H and O–H groups in total. The Morgan fingerprint density at radius 1 is 1.71 bits per heavy atom. The molecule has 0 aliphatic carbocycles. The van der Waals surface area contributed by atoms with Crippen LogP contribution < -0.4 is 11.1 Å². The third kappa shape index (κ3) is 2.12. The van der Waals surface area contributed by atoms with Gasteiger partial charge in [-0.15, -0.1) is 0 Å². The summed E-state index contributed by atoms with van der Waals surface area (Å²) in [6, 6.07) is 1.54. The molecule has 0 bridgehead atoms. The predicted molar refractivity (Wildman–Crippen MR) is 54.2 cm³/mol. The fourth-order valence-electron chi connectivity index (χ4n) is 1.02. The molecule has 0 spiro atoms. The van der Waals surface area contributed by atoms with Crippen LogP contribution in [0.5, 0.6) is 0 Å². The molecule has 1 aromatic rings. The van der Waals surface area contributed by atoms with Crippen molar-refractivity contribution in [2.75, 3.05) is 24.7 Å². The van der Waals surface area contributed by atoms with Crippen molar-refractivity contribution in [2.45, 2.75) is 6.92 Å². The van der Waals surface area contributed by atoms with Crippen LogP contribution >= 0.6 is 0 Å². The van der Waals surface area contributed by atoms with Gasteiger partial charge >= 0.3 is 5.97 Å². The van der Waals surface area contributed by atoms with Crippen LogP contribution in [0.3, 0.4) is 0 Å². The van der Waals surface area contributed by atoms with Crippen molar-refractivity contribution in [3.05, 3.63) is 17.8 Å². The smallest absolute Gasteiger partial charge is 0.339 e. The van der Waals surface area contributed by atoms with Gasteiger partial charge in [-0.3, -0.25) is 0 Å². The largest absolute Gasteiger partial charge is 0.462 e. The average molecular weight is 195 g/mol. The molecule has 0 aliphatic rings. The number of nitrogens with zero attached hydrogens (tertiary/aromatic N) is 1. The quantitative estimate of drug-likeness (QED) is 0.700. The first-order valence-electron chi connectivity index (χ1n) is 4.29. The Balaban J connectivity index is 2.91. The van der Waals surface area contributed by atoms with Crippen LogP contribution in [0.4, 0.5) is 11.5 Å². The van der Waals surface area contributed by atoms with Crippen LogP contribution in [0.1, 0.15) is 17.3 Å². The molecule has 0 fully saturated rings. The summed E-state index contributed by atoms with van der Waals surface area (Å²) in [7, 11) is 1.71. The Hall–Kier alpha value is -1.78. The van der Waals surface area contributed by atoms with Crippen LogP contribution in [0.2, 0.25) is 0 Å². The number of nitrogen functional groups attached to an aromatic ring is 1. The summed E-state index contributed by atoms with van der Waals surface area (Å²) in [5.41, 5.74) is 6.43. The van der Waals surface area contributed by atoms with Crippen molar-refractivity contribution >= 4 is 17.5 Å². The Kier molecular flexibility index (Phi) is 3.28. The Bertz CT molecular complexity index is 339. The molecule has 5 heteroatoms. The van der Waals surface area contributed by atoms with E-state index in [-0.39, 0.29) is 0 Å². The molecule has 0 saturated carbocycles. The molecular weight excluding hydrogens is 182 g/mol. The van der Waals surface area contributed by atoms with Gasteiger partial charge in [0, 0.05) is 13.2 Å². The third-order valence-corrected chi connectivity index (χ3v) is 1.67. The summed E-state index contributed by atoms with van der Waals surface area (Å²) in [5, 5.41) is 2.81. The number of aromatic nitrogens is 1. The fraction of sp³-hybridized carbons (Fsp3) is 0.333. The average Bonchev–Trinajstić information content (AvgIpc) is 2.18. The highest BCUT2D eigenvalue weighted by Gasteiger charge is 2.08. The maximum Gasteiger partial charge on any atom is 0.339 e. The molecule has 1 heterocycles. The number of hydrogen-bond acceptors (Lipinski definition) is 5. The summed E-state index contributed by atoms with van der Waals surface area (Å²) < 4.78 is 4.80. The Morgan fingerprint density at radius 3 is 2.93 bits per heavy atom. The molecule has 76 valence electrons. The van der Waals surface area contributed by atoms with Crippen LogP contribution in [0, 0.1) is 0 Å². The van der Waals surface area contributed by atoms with E-state index in [1.165, 1.54) is 12.3 Å². The van der Waals surface area contributed by atoms with Gasteiger partial charge in [-0.2, -0.15) is 0 Å². The molecule has 0 saturated heterocycles. The first-order chi connectivity index (χ1) is 6.69. The van der Waals surface area contributed by atoms with Crippen molar-refractivity contribution in [2.24, 2.45) is 0 Å². The van der Waals surface area contributed by atoms with E-state index < -0.39 is 5.97 Å². The van der Waals surface area contributed by atoms with Gasteiger partial charge in [-0.1, -0.05) is 0 Å². The van der Waals surface area contributed by atoms with E-state index in [0.29, 0.717) is 23.7 Å². The molecule has 1 rings (SSSR count). The molecular formula is C9H13N3O2. The second-order valence-corrected chi connectivity index (χ2v) is 2.63. The van der Waals surface area contributed by atoms with E-state index in [2.05, 4.69) is 10.3 Å². The Labute approximate surface area is 82.3 Å².